The van der Waals surface area contributed by atoms with Gasteiger partial charge in [-0.2, -0.15) is 5.10 Å². The summed E-state index contributed by atoms with van der Waals surface area (Å²) in [6.45, 7) is 0. The first-order valence-electron chi connectivity index (χ1n) is 5.98. The molecule has 0 radical (unpaired) electrons. The second-order valence-corrected chi connectivity index (χ2v) is 4.78. The van der Waals surface area contributed by atoms with Gasteiger partial charge in [0.05, 0.1) is 6.20 Å². The third-order valence-corrected chi connectivity index (χ3v) is 3.42. The van der Waals surface area contributed by atoms with E-state index in [-0.39, 0.29) is 11.7 Å². The molecule has 1 aromatic carbocycles. The van der Waals surface area contributed by atoms with E-state index in [2.05, 4.69) is 5.10 Å². The molecule has 2 rings (SSSR count). The number of rotatable bonds is 5. The van der Waals surface area contributed by atoms with Crippen LogP contribution >= 0.6 is 11.6 Å². The second kappa shape index (κ2) is 6.01. The topological polar surface area (TPSA) is 17.8 Å². The van der Waals surface area contributed by atoms with Crippen LogP contribution in [0.5, 0.6) is 0 Å². The number of nitrogens with zero attached hydrogens (tertiary/aromatic N) is 2. The fourth-order valence-corrected chi connectivity index (χ4v) is 2.37. The summed E-state index contributed by atoms with van der Waals surface area (Å²) in [5, 5.41) is 4.13. The molecule has 0 aliphatic heterocycles. The minimum Gasteiger partial charge on any atom is -0.276 e. The minimum absolute atomic E-state index is 0.183. The van der Waals surface area contributed by atoms with Gasteiger partial charge in [0.25, 0.3) is 0 Å². The number of aryl methyl sites for hydroxylation is 2. The summed E-state index contributed by atoms with van der Waals surface area (Å²) in [5.41, 5.74) is 2.15. The first-order chi connectivity index (χ1) is 8.69. The van der Waals surface area contributed by atoms with E-state index in [4.69, 9.17) is 11.6 Å². The Labute approximate surface area is 111 Å². The summed E-state index contributed by atoms with van der Waals surface area (Å²) < 4.78 is 15.0. The van der Waals surface area contributed by atoms with Crippen molar-refractivity contribution in [2.75, 3.05) is 5.88 Å². The molecule has 1 atom stereocenters. The van der Waals surface area contributed by atoms with Gasteiger partial charge in [-0.15, -0.1) is 11.6 Å². The maximum Gasteiger partial charge on any atom is 0.123 e. The molecule has 4 heteroatoms. The van der Waals surface area contributed by atoms with E-state index in [1.165, 1.54) is 11.6 Å². The molecule has 2 nitrogen and oxygen atoms in total. The van der Waals surface area contributed by atoms with Gasteiger partial charge in [0.1, 0.15) is 5.82 Å². The zero-order valence-corrected chi connectivity index (χ0v) is 11.1. The second-order valence-electron chi connectivity index (χ2n) is 4.47. The van der Waals surface area contributed by atoms with Gasteiger partial charge in [0.2, 0.25) is 0 Å². The van der Waals surface area contributed by atoms with Crippen molar-refractivity contribution in [3.05, 3.63) is 53.6 Å². The first-order valence-corrected chi connectivity index (χ1v) is 6.51. The lowest BCUT2D eigenvalue weighted by atomic mass is 9.94. The Hall–Kier alpha value is -1.35. The van der Waals surface area contributed by atoms with Crippen molar-refractivity contribution in [2.45, 2.75) is 18.8 Å². The number of halogens is 2. The lowest BCUT2D eigenvalue weighted by Gasteiger charge is -2.13. The van der Waals surface area contributed by atoms with E-state index in [0.717, 1.165) is 18.4 Å². The largest absolute Gasteiger partial charge is 0.276 e. The molecule has 0 saturated carbocycles. The van der Waals surface area contributed by atoms with Gasteiger partial charge in [0.15, 0.2) is 0 Å². The van der Waals surface area contributed by atoms with E-state index in [1.807, 2.05) is 25.5 Å². The number of hydrogen-bond acceptors (Lipinski definition) is 1. The fourth-order valence-electron chi connectivity index (χ4n) is 2.04. The number of benzene rings is 1. The molecular weight excluding hydrogens is 251 g/mol. The number of alkyl halides is 1. The van der Waals surface area contributed by atoms with Crippen LogP contribution in [0, 0.1) is 5.82 Å². The van der Waals surface area contributed by atoms with Crippen LogP contribution in [0.3, 0.4) is 0 Å². The monoisotopic (exact) mass is 266 g/mol. The third kappa shape index (κ3) is 3.33. The van der Waals surface area contributed by atoms with Gasteiger partial charge in [-0.25, -0.2) is 4.39 Å². The van der Waals surface area contributed by atoms with Crippen LogP contribution in [-0.4, -0.2) is 15.7 Å². The molecule has 96 valence electrons. The van der Waals surface area contributed by atoms with Crippen molar-refractivity contribution >= 4 is 11.6 Å². The molecular formula is C14H16ClFN2. The Morgan fingerprint density at radius 2 is 2.28 bits per heavy atom. The van der Waals surface area contributed by atoms with E-state index in [1.54, 1.807) is 16.8 Å². The fraction of sp³-hybridized carbons (Fsp3) is 0.357. The average molecular weight is 267 g/mol. The molecule has 0 spiro atoms. The molecule has 0 bridgehead atoms. The van der Waals surface area contributed by atoms with Crippen LogP contribution in [-0.2, 0) is 13.5 Å². The Morgan fingerprint density at radius 3 is 2.89 bits per heavy atom. The molecule has 0 fully saturated rings. The molecule has 1 heterocycles. The van der Waals surface area contributed by atoms with E-state index in [0.29, 0.717) is 5.88 Å². The van der Waals surface area contributed by atoms with E-state index < -0.39 is 0 Å². The van der Waals surface area contributed by atoms with Gasteiger partial charge >= 0.3 is 0 Å². The van der Waals surface area contributed by atoms with Crippen LogP contribution in [0.4, 0.5) is 4.39 Å². The van der Waals surface area contributed by atoms with Crippen LogP contribution in [0.25, 0.3) is 0 Å². The van der Waals surface area contributed by atoms with E-state index in [9.17, 15) is 4.39 Å². The van der Waals surface area contributed by atoms with Crippen molar-refractivity contribution in [2.24, 2.45) is 7.05 Å². The van der Waals surface area contributed by atoms with Crippen molar-refractivity contribution in [1.82, 2.24) is 9.78 Å². The SMILES string of the molecule is Cn1cc(CCC(CCl)c2cccc(F)c2)cn1. The van der Waals surface area contributed by atoms with Crippen molar-refractivity contribution in [3.63, 3.8) is 0 Å². The molecule has 2 aromatic rings. The lowest BCUT2D eigenvalue weighted by Crippen LogP contribution is -2.03. The highest BCUT2D eigenvalue weighted by molar-refractivity contribution is 6.18. The molecule has 1 unspecified atom stereocenters. The van der Waals surface area contributed by atoms with Crippen molar-refractivity contribution < 1.29 is 4.39 Å². The predicted molar refractivity (Wildman–Crippen MR) is 71.4 cm³/mol. The summed E-state index contributed by atoms with van der Waals surface area (Å²) >= 11 is 5.98. The highest BCUT2D eigenvalue weighted by Crippen LogP contribution is 2.23. The van der Waals surface area contributed by atoms with Crippen molar-refractivity contribution in [3.8, 4) is 0 Å². The third-order valence-electron chi connectivity index (χ3n) is 3.05. The normalized spacial score (nSPS) is 12.6. The summed E-state index contributed by atoms with van der Waals surface area (Å²) in [4.78, 5) is 0. The summed E-state index contributed by atoms with van der Waals surface area (Å²) in [5.74, 6) is 0.482. The lowest BCUT2D eigenvalue weighted by molar-refractivity contribution is 0.616. The first kappa shape index (κ1) is 13.1. The van der Waals surface area contributed by atoms with Crippen LogP contribution in [0.2, 0.25) is 0 Å². The molecule has 18 heavy (non-hydrogen) atoms. The summed E-state index contributed by atoms with van der Waals surface area (Å²) in [7, 11) is 1.90. The maximum absolute atomic E-state index is 13.2. The average Bonchev–Trinajstić information content (AvgIpc) is 2.76. The molecule has 0 N–H and O–H groups in total. The van der Waals surface area contributed by atoms with Crippen molar-refractivity contribution in [1.29, 1.82) is 0 Å². The van der Waals surface area contributed by atoms with Crippen LogP contribution < -0.4 is 0 Å². The van der Waals surface area contributed by atoms with Gasteiger partial charge in [-0.1, -0.05) is 12.1 Å². The highest BCUT2D eigenvalue weighted by atomic mass is 35.5. The Kier molecular flexibility index (Phi) is 4.37. The van der Waals surface area contributed by atoms with E-state index >= 15 is 0 Å². The number of hydrogen-bond donors (Lipinski definition) is 0. The van der Waals surface area contributed by atoms with Crippen LogP contribution in [0.1, 0.15) is 23.5 Å². The Balaban J connectivity index is 2.01. The standard InChI is InChI=1S/C14H16ClFN2/c1-18-10-11(9-17-18)5-6-13(8-15)12-3-2-4-14(16)7-12/h2-4,7,9-10,13H,5-6,8H2,1H3. The minimum atomic E-state index is -0.205. The molecule has 0 aliphatic carbocycles. The zero-order chi connectivity index (χ0) is 13.0. The highest BCUT2D eigenvalue weighted by Gasteiger charge is 2.11. The molecule has 0 amide bonds. The smallest absolute Gasteiger partial charge is 0.123 e. The molecule has 0 saturated heterocycles. The number of aromatic nitrogens is 2. The molecule has 1 aromatic heterocycles. The summed E-state index contributed by atoms with van der Waals surface area (Å²) in [6.07, 6.45) is 5.66. The molecule has 0 aliphatic rings. The zero-order valence-electron chi connectivity index (χ0n) is 10.3. The Morgan fingerprint density at radius 1 is 1.44 bits per heavy atom. The quantitative estimate of drug-likeness (QED) is 0.757. The van der Waals surface area contributed by atoms with Gasteiger partial charge in [-0.3, -0.25) is 4.68 Å². The predicted octanol–water partition coefficient (Wildman–Crippen LogP) is 3.51. The van der Waals surface area contributed by atoms with Gasteiger partial charge < -0.3 is 0 Å². The maximum atomic E-state index is 13.2. The van der Waals surface area contributed by atoms with Gasteiger partial charge in [0, 0.05) is 19.1 Å². The summed E-state index contributed by atoms with van der Waals surface area (Å²) in [6, 6.07) is 6.68. The van der Waals surface area contributed by atoms with Crippen LogP contribution in [0.15, 0.2) is 36.7 Å². The van der Waals surface area contributed by atoms with Gasteiger partial charge in [-0.05, 0) is 42.0 Å². The Bertz CT molecular complexity index is 510.